The van der Waals surface area contributed by atoms with Crippen molar-refractivity contribution in [3.05, 3.63) is 23.8 Å². The molecule has 108 valence electrons. The van der Waals surface area contributed by atoms with Crippen molar-refractivity contribution in [2.45, 2.75) is 25.8 Å². The average Bonchev–Trinajstić information content (AvgIpc) is 2.84. The molecular formula is C16H22N2O2. The van der Waals surface area contributed by atoms with Gasteiger partial charge in [0.2, 0.25) is 0 Å². The van der Waals surface area contributed by atoms with Crippen LogP contribution in [-0.2, 0) is 4.74 Å². The van der Waals surface area contributed by atoms with Gasteiger partial charge in [-0.3, -0.25) is 4.90 Å². The Hall–Kier alpha value is -1.29. The Labute approximate surface area is 120 Å². The molecule has 0 aromatic heterocycles. The Bertz CT molecular complexity index is 499. The van der Waals surface area contributed by atoms with Gasteiger partial charge in [0.25, 0.3) is 0 Å². The number of nitrogens with zero attached hydrogens (tertiary/aromatic N) is 2. The monoisotopic (exact) mass is 274 g/mol. The molecule has 4 nitrogen and oxygen atoms in total. The second kappa shape index (κ2) is 4.35. The molecule has 3 fully saturated rings. The van der Waals surface area contributed by atoms with E-state index < -0.39 is 0 Å². The van der Waals surface area contributed by atoms with Crippen molar-refractivity contribution in [2.24, 2.45) is 11.3 Å². The number of hydrogen-bond acceptors (Lipinski definition) is 3. The minimum absolute atomic E-state index is 0.156. The van der Waals surface area contributed by atoms with E-state index in [2.05, 4.69) is 30.1 Å². The van der Waals surface area contributed by atoms with Crippen molar-refractivity contribution in [1.82, 2.24) is 9.80 Å². The van der Waals surface area contributed by atoms with Crippen LogP contribution in [0.1, 0.15) is 19.8 Å². The summed E-state index contributed by atoms with van der Waals surface area (Å²) in [6.45, 7) is 7.17. The Morgan fingerprint density at radius 3 is 3.00 bits per heavy atom. The molecule has 20 heavy (non-hydrogen) atoms. The van der Waals surface area contributed by atoms with Gasteiger partial charge in [0, 0.05) is 18.5 Å². The third kappa shape index (κ3) is 1.74. The number of hydrogen-bond donors (Lipinski definition) is 0. The number of carbonyl (C=O) groups is 1. The molecule has 3 atom stereocenters. The van der Waals surface area contributed by atoms with Gasteiger partial charge in [-0.1, -0.05) is 25.2 Å². The molecule has 0 N–H and O–H groups in total. The van der Waals surface area contributed by atoms with Crippen molar-refractivity contribution in [3.63, 3.8) is 0 Å². The molecule has 1 amide bonds. The number of cyclic esters (lactones) is 1. The maximum absolute atomic E-state index is 11.6. The van der Waals surface area contributed by atoms with Gasteiger partial charge in [-0.2, -0.15) is 0 Å². The molecule has 0 aromatic rings. The van der Waals surface area contributed by atoms with E-state index in [-0.39, 0.29) is 12.1 Å². The molecule has 0 radical (unpaired) electrons. The van der Waals surface area contributed by atoms with Crippen LogP contribution in [0.15, 0.2) is 23.8 Å². The molecule has 2 heterocycles. The van der Waals surface area contributed by atoms with Gasteiger partial charge >= 0.3 is 6.09 Å². The highest BCUT2D eigenvalue weighted by molar-refractivity contribution is 5.70. The summed E-state index contributed by atoms with van der Waals surface area (Å²) in [5, 5.41) is 0. The molecule has 1 saturated carbocycles. The Morgan fingerprint density at radius 2 is 2.40 bits per heavy atom. The highest BCUT2D eigenvalue weighted by atomic mass is 16.6. The highest BCUT2D eigenvalue weighted by Crippen LogP contribution is 2.62. The molecule has 4 aliphatic rings. The predicted molar refractivity (Wildman–Crippen MR) is 76.3 cm³/mol. The van der Waals surface area contributed by atoms with Crippen molar-refractivity contribution in [2.75, 3.05) is 32.8 Å². The lowest BCUT2D eigenvalue weighted by molar-refractivity contribution is 0.153. The standard InChI is InChI=1S/C16H22N2O2/c1-2-17-10-13-9-16(13,11-17)12-3-5-14(6-4-12)18-7-8-20-15(18)19/h3-5,13-14H,2,6-11H2,1H3/t13?,14?,16-/m0/s1. The SMILES string of the molecule is CCN1CC2C[C@@]2(C2=CCC(N3CCOC3=O)C=C2)C1. The van der Waals surface area contributed by atoms with Crippen LogP contribution >= 0.6 is 0 Å². The molecule has 2 unspecified atom stereocenters. The van der Waals surface area contributed by atoms with Crippen LogP contribution in [0, 0.1) is 11.3 Å². The normalized spacial score (nSPS) is 39.8. The number of ether oxygens (including phenoxy) is 1. The molecule has 2 aliphatic heterocycles. The van der Waals surface area contributed by atoms with E-state index in [1.165, 1.54) is 25.1 Å². The molecular weight excluding hydrogens is 252 g/mol. The van der Waals surface area contributed by atoms with Gasteiger partial charge in [0.1, 0.15) is 6.61 Å². The third-order valence-corrected chi connectivity index (χ3v) is 5.51. The lowest BCUT2D eigenvalue weighted by Gasteiger charge is -2.27. The van der Waals surface area contributed by atoms with Crippen molar-refractivity contribution in [1.29, 1.82) is 0 Å². The van der Waals surface area contributed by atoms with E-state index in [4.69, 9.17) is 4.74 Å². The van der Waals surface area contributed by atoms with Crippen molar-refractivity contribution < 1.29 is 9.53 Å². The lowest BCUT2D eigenvalue weighted by atomic mass is 9.88. The molecule has 0 bridgehead atoms. The summed E-state index contributed by atoms with van der Waals surface area (Å²) >= 11 is 0. The predicted octanol–water partition coefficient (Wildman–Crippen LogP) is 2.04. The quantitative estimate of drug-likeness (QED) is 0.789. The number of piperidine rings is 1. The first kappa shape index (κ1) is 12.5. The maximum atomic E-state index is 11.6. The fourth-order valence-corrected chi connectivity index (χ4v) is 4.19. The number of amides is 1. The number of carbonyl (C=O) groups excluding carboxylic acids is 1. The lowest BCUT2D eigenvalue weighted by Crippen LogP contribution is -2.35. The Balaban J connectivity index is 1.45. The Kier molecular flexibility index (Phi) is 2.71. The summed E-state index contributed by atoms with van der Waals surface area (Å²) in [5.74, 6) is 0.867. The van der Waals surface area contributed by atoms with Crippen LogP contribution in [0.25, 0.3) is 0 Å². The van der Waals surface area contributed by atoms with Crippen LogP contribution in [0.5, 0.6) is 0 Å². The number of likely N-dealkylation sites (tertiary alicyclic amines) is 1. The highest BCUT2D eigenvalue weighted by Gasteiger charge is 2.60. The van der Waals surface area contributed by atoms with E-state index in [1.54, 1.807) is 0 Å². The Morgan fingerprint density at radius 1 is 1.50 bits per heavy atom. The van der Waals surface area contributed by atoms with E-state index in [1.807, 2.05) is 4.90 Å². The minimum atomic E-state index is -0.156. The first-order valence-corrected chi connectivity index (χ1v) is 7.77. The second-order valence-electron chi connectivity index (χ2n) is 6.51. The molecule has 0 aromatic carbocycles. The van der Waals surface area contributed by atoms with E-state index in [9.17, 15) is 4.79 Å². The summed E-state index contributed by atoms with van der Waals surface area (Å²) in [4.78, 5) is 16.0. The van der Waals surface area contributed by atoms with Crippen LogP contribution in [0.3, 0.4) is 0 Å². The van der Waals surface area contributed by atoms with Gasteiger partial charge < -0.3 is 9.64 Å². The smallest absolute Gasteiger partial charge is 0.410 e. The van der Waals surface area contributed by atoms with Gasteiger partial charge in [-0.25, -0.2) is 4.79 Å². The van der Waals surface area contributed by atoms with Gasteiger partial charge in [-0.05, 0) is 30.9 Å². The summed E-state index contributed by atoms with van der Waals surface area (Å²) in [5.41, 5.74) is 1.96. The zero-order valence-corrected chi connectivity index (χ0v) is 12.0. The zero-order chi connectivity index (χ0) is 13.7. The van der Waals surface area contributed by atoms with E-state index >= 15 is 0 Å². The first-order chi connectivity index (χ1) is 9.73. The number of rotatable bonds is 3. The summed E-state index contributed by atoms with van der Waals surface area (Å²) < 4.78 is 5.03. The van der Waals surface area contributed by atoms with E-state index in [0.717, 1.165) is 25.4 Å². The summed E-state index contributed by atoms with van der Waals surface area (Å²) in [7, 11) is 0. The topological polar surface area (TPSA) is 32.8 Å². The molecule has 0 spiro atoms. The summed E-state index contributed by atoms with van der Waals surface area (Å²) in [6, 6.07) is 0.200. The third-order valence-electron chi connectivity index (χ3n) is 5.51. The van der Waals surface area contributed by atoms with Crippen LogP contribution in [-0.4, -0.2) is 54.7 Å². The molecule has 2 saturated heterocycles. The summed E-state index contributed by atoms with van der Waals surface area (Å²) in [6.07, 6.45) is 9.00. The van der Waals surface area contributed by atoms with Crippen LogP contribution in [0.2, 0.25) is 0 Å². The van der Waals surface area contributed by atoms with Gasteiger partial charge in [-0.15, -0.1) is 0 Å². The largest absolute Gasteiger partial charge is 0.448 e. The van der Waals surface area contributed by atoms with E-state index in [0.29, 0.717) is 12.0 Å². The maximum Gasteiger partial charge on any atom is 0.410 e. The van der Waals surface area contributed by atoms with Crippen molar-refractivity contribution in [3.8, 4) is 0 Å². The first-order valence-electron chi connectivity index (χ1n) is 7.77. The number of allylic oxidation sites excluding steroid dienone is 1. The average molecular weight is 274 g/mol. The van der Waals surface area contributed by atoms with Crippen molar-refractivity contribution >= 4 is 6.09 Å². The van der Waals surface area contributed by atoms with Crippen LogP contribution in [0.4, 0.5) is 4.79 Å². The van der Waals surface area contributed by atoms with Gasteiger partial charge in [0.05, 0.1) is 12.6 Å². The van der Waals surface area contributed by atoms with Crippen LogP contribution < -0.4 is 0 Å². The van der Waals surface area contributed by atoms with Gasteiger partial charge in [0.15, 0.2) is 0 Å². The zero-order valence-electron chi connectivity index (χ0n) is 12.0. The second-order valence-corrected chi connectivity index (χ2v) is 6.51. The molecule has 2 aliphatic carbocycles. The molecule has 4 heteroatoms. The number of fused-ring (bicyclic) bond motifs is 1. The fraction of sp³-hybridized carbons (Fsp3) is 0.688. The molecule has 4 rings (SSSR count). The fourth-order valence-electron chi connectivity index (χ4n) is 4.19. The minimum Gasteiger partial charge on any atom is -0.448 e.